The van der Waals surface area contributed by atoms with Crippen LogP contribution in [0.4, 0.5) is 8.78 Å². The van der Waals surface area contributed by atoms with E-state index in [9.17, 15) is 13.6 Å². The van der Waals surface area contributed by atoms with E-state index >= 15 is 0 Å². The second kappa shape index (κ2) is 5.82. The van der Waals surface area contributed by atoms with Crippen molar-refractivity contribution in [2.24, 2.45) is 0 Å². The monoisotopic (exact) mass is 301 g/mol. The molecule has 0 aliphatic carbocycles. The van der Waals surface area contributed by atoms with Gasteiger partial charge in [-0.05, 0) is 17.0 Å². The number of fused-ring (bicyclic) bond motifs is 1. The van der Waals surface area contributed by atoms with Gasteiger partial charge in [-0.25, -0.2) is 13.6 Å². The maximum Gasteiger partial charge on any atom is 0.346 e. The van der Waals surface area contributed by atoms with Crippen molar-refractivity contribution in [2.75, 3.05) is 13.2 Å². The zero-order valence-corrected chi connectivity index (χ0v) is 11.2. The molecular weight excluding hydrogens is 288 g/mol. The van der Waals surface area contributed by atoms with E-state index in [-0.39, 0.29) is 11.4 Å². The number of carboxylic acids is 1. The summed E-state index contributed by atoms with van der Waals surface area (Å²) in [7, 11) is 0. The fourth-order valence-corrected chi connectivity index (χ4v) is 2.93. The maximum absolute atomic E-state index is 12.9. The van der Waals surface area contributed by atoms with Crippen molar-refractivity contribution in [3.05, 3.63) is 34.7 Å². The predicted octanol–water partition coefficient (Wildman–Crippen LogP) is 2.32. The number of halogens is 2. The minimum atomic E-state index is -3.21. The number of aliphatic hydroxyl groups is 1. The molecule has 0 atom stereocenters. The number of carbonyl (C=O) groups is 1. The lowest BCUT2D eigenvalue weighted by Crippen LogP contribution is -2.35. The Morgan fingerprint density at radius 2 is 2.05 bits per heavy atom. The molecule has 0 amide bonds. The standard InChI is InChI=1S/C13H13F2NO3S/c14-13(15,7-17)6-16-5-9-8-3-1-2-4-10(8)20-11(9)12(18)19/h1-4,16-17H,5-7H2,(H,18,19). The van der Waals surface area contributed by atoms with Gasteiger partial charge >= 0.3 is 5.97 Å². The van der Waals surface area contributed by atoms with Crippen LogP contribution in [0.1, 0.15) is 15.2 Å². The second-order valence-electron chi connectivity index (χ2n) is 4.33. The molecule has 2 rings (SSSR count). The van der Waals surface area contributed by atoms with Gasteiger partial charge in [0.15, 0.2) is 0 Å². The minimum Gasteiger partial charge on any atom is -0.477 e. The molecule has 0 saturated carbocycles. The highest BCUT2D eigenvalue weighted by Gasteiger charge is 2.27. The highest BCUT2D eigenvalue weighted by molar-refractivity contribution is 7.21. The van der Waals surface area contributed by atoms with Crippen LogP contribution in [-0.2, 0) is 6.54 Å². The fraction of sp³-hybridized carbons (Fsp3) is 0.308. The molecule has 0 aliphatic heterocycles. The molecule has 1 aromatic heterocycles. The van der Waals surface area contributed by atoms with Gasteiger partial charge in [0.1, 0.15) is 11.5 Å². The molecule has 0 spiro atoms. The van der Waals surface area contributed by atoms with Gasteiger partial charge < -0.3 is 15.5 Å². The van der Waals surface area contributed by atoms with Crippen LogP contribution in [0.15, 0.2) is 24.3 Å². The third-order valence-corrected chi connectivity index (χ3v) is 4.01. The van der Waals surface area contributed by atoms with Crippen LogP contribution < -0.4 is 5.32 Å². The van der Waals surface area contributed by atoms with Gasteiger partial charge in [-0.3, -0.25) is 0 Å². The van der Waals surface area contributed by atoms with Crippen LogP contribution in [0.25, 0.3) is 10.1 Å². The number of hydrogen-bond acceptors (Lipinski definition) is 4. The lowest BCUT2D eigenvalue weighted by atomic mass is 10.1. The average molecular weight is 301 g/mol. The number of thiophene rings is 1. The summed E-state index contributed by atoms with van der Waals surface area (Å²) in [6.07, 6.45) is 0. The molecule has 0 aliphatic rings. The first-order chi connectivity index (χ1) is 9.44. The van der Waals surface area contributed by atoms with E-state index in [1.807, 2.05) is 0 Å². The van der Waals surface area contributed by atoms with Crippen molar-refractivity contribution < 1.29 is 23.8 Å². The third-order valence-electron chi connectivity index (χ3n) is 2.81. The van der Waals surface area contributed by atoms with Crippen LogP contribution >= 0.6 is 11.3 Å². The molecule has 2 aromatic rings. The predicted molar refractivity (Wildman–Crippen MR) is 72.5 cm³/mol. The Bertz CT molecular complexity index is 627. The molecule has 0 fully saturated rings. The Hall–Kier alpha value is -1.57. The molecule has 20 heavy (non-hydrogen) atoms. The molecule has 3 N–H and O–H groups in total. The average Bonchev–Trinajstić information content (AvgIpc) is 2.78. The molecule has 0 unspecified atom stereocenters. The lowest BCUT2D eigenvalue weighted by molar-refractivity contribution is -0.0477. The first-order valence-corrected chi connectivity index (χ1v) is 6.69. The van der Waals surface area contributed by atoms with Gasteiger partial charge in [0.05, 0.1) is 6.54 Å². The van der Waals surface area contributed by atoms with Crippen LogP contribution in [0, 0.1) is 0 Å². The van der Waals surface area contributed by atoms with Crippen molar-refractivity contribution in [1.29, 1.82) is 0 Å². The Morgan fingerprint density at radius 3 is 2.70 bits per heavy atom. The summed E-state index contributed by atoms with van der Waals surface area (Å²) in [6, 6.07) is 7.12. The molecule has 0 saturated heterocycles. The third kappa shape index (κ3) is 3.12. The lowest BCUT2D eigenvalue weighted by Gasteiger charge is -2.14. The van der Waals surface area contributed by atoms with Crippen molar-refractivity contribution in [3.63, 3.8) is 0 Å². The Balaban J connectivity index is 2.24. The first-order valence-electron chi connectivity index (χ1n) is 5.88. The maximum atomic E-state index is 12.9. The van der Waals surface area contributed by atoms with Crippen LogP contribution in [-0.4, -0.2) is 35.3 Å². The Labute approximate surface area is 117 Å². The van der Waals surface area contributed by atoms with Gasteiger partial charge in [0.2, 0.25) is 0 Å². The fourth-order valence-electron chi connectivity index (χ4n) is 1.87. The van der Waals surface area contributed by atoms with Gasteiger partial charge in [0.25, 0.3) is 5.92 Å². The largest absolute Gasteiger partial charge is 0.477 e. The summed E-state index contributed by atoms with van der Waals surface area (Å²) in [4.78, 5) is 11.3. The zero-order chi connectivity index (χ0) is 14.8. The topological polar surface area (TPSA) is 69.6 Å². The van der Waals surface area contributed by atoms with Gasteiger partial charge in [0, 0.05) is 11.2 Å². The van der Waals surface area contributed by atoms with Gasteiger partial charge in [-0.1, -0.05) is 18.2 Å². The second-order valence-corrected chi connectivity index (χ2v) is 5.38. The minimum absolute atomic E-state index is 0.0151. The zero-order valence-electron chi connectivity index (χ0n) is 10.4. The molecule has 1 heterocycles. The number of hydrogen-bond donors (Lipinski definition) is 3. The van der Waals surface area contributed by atoms with Crippen LogP contribution in [0.2, 0.25) is 0 Å². The van der Waals surface area contributed by atoms with E-state index in [2.05, 4.69) is 5.32 Å². The molecule has 7 heteroatoms. The van der Waals surface area contributed by atoms with Crippen molar-refractivity contribution in [1.82, 2.24) is 5.32 Å². The summed E-state index contributed by atoms with van der Waals surface area (Å²) in [5, 5.41) is 20.9. The number of benzene rings is 1. The summed E-state index contributed by atoms with van der Waals surface area (Å²) in [5.74, 6) is -4.29. The molecule has 108 valence electrons. The van der Waals surface area contributed by atoms with Gasteiger partial charge in [-0.2, -0.15) is 0 Å². The number of alkyl halides is 2. The highest BCUT2D eigenvalue weighted by atomic mass is 32.1. The number of rotatable bonds is 6. The summed E-state index contributed by atoms with van der Waals surface area (Å²) >= 11 is 1.12. The summed E-state index contributed by atoms with van der Waals surface area (Å²) in [5.41, 5.74) is 0.492. The van der Waals surface area contributed by atoms with E-state index in [0.717, 1.165) is 21.4 Å². The Morgan fingerprint density at radius 1 is 1.35 bits per heavy atom. The van der Waals surface area contributed by atoms with E-state index in [4.69, 9.17) is 10.2 Å². The van der Waals surface area contributed by atoms with Crippen molar-refractivity contribution >= 4 is 27.4 Å². The molecule has 0 bridgehead atoms. The van der Waals surface area contributed by atoms with Crippen LogP contribution in [0.3, 0.4) is 0 Å². The quantitative estimate of drug-likeness (QED) is 0.766. The highest BCUT2D eigenvalue weighted by Crippen LogP contribution is 2.31. The van der Waals surface area contributed by atoms with Gasteiger partial charge in [-0.15, -0.1) is 11.3 Å². The molecular formula is C13H13F2NO3S. The Kier molecular flexibility index (Phi) is 4.32. The van der Waals surface area contributed by atoms with E-state index in [0.29, 0.717) is 5.56 Å². The molecule has 4 nitrogen and oxygen atoms in total. The number of carboxylic acid groups (broad SMARTS) is 1. The van der Waals surface area contributed by atoms with Crippen molar-refractivity contribution in [3.8, 4) is 0 Å². The van der Waals surface area contributed by atoms with Crippen LogP contribution in [0.5, 0.6) is 0 Å². The molecule has 1 aromatic carbocycles. The summed E-state index contributed by atoms with van der Waals surface area (Å²) < 4.78 is 26.7. The normalized spacial score (nSPS) is 11.9. The molecule has 0 radical (unpaired) electrons. The van der Waals surface area contributed by atoms with E-state index < -0.39 is 25.0 Å². The first kappa shape index (κ1) is 14.8. The SMILES string of the molecule is O=C(O)c1sc2ccccc2c1CNCC(F)(F)CO. The summed E-state index contributed by atoms with van der Waals surface area (Å²) in [6.45, 7) is -1.93. The van der Waals surface area contributed by atoms with Crippen molar-refractivity contribution in [2.45, 2.75) is 12.5 Å². The van der Waals surface area contributed by atoms with E-state index in [1.54, 1.807) is 24.3 Å². The number of aliphatic hydroxyl groups excluding tert-OH is 1. The van der Waals surface area contributed by atoms with E-state index in [1.165, 1.54) is 0 Å². The number of nitrogens with one attached hydrogen (secondary N) is 1. The number of aromatic carboxylic acids is 1. The smallest absolute Gasteiger partial charge is 0.346 e.